The molecule has 0 aliphatic rings. The van der Waals surface area contributed by atoms with Crippen LogP contribution in [0, 0.1) is 5.82 Å². The summed E-state index contributed by atoms with van der Waals surface area (Å²) < 4.78 is 38.6. The highest BCUT2D eigenvalue weighted by atomic mass is 127. The molecule has 2 aromatic rings. The number of hydrogen-bond acceptors (Lipinski definition) is 4. The molecule has 0 saturated carbocycles. The number of guanidine groups is 1. The molecule has 0 radical (unpaired) electrons. The lowest BCUT2D eigenvalue weighted by Gasteiger charge is -2.14. The van der Waals surface area contributed by atoms with Crippen LogP contribution in [0.3, 0.4) is 0 Å². The van der Waals surface area contributed by atoms with Crippen LogP contribution in [0.4, 0.5) is 4.39 Å². The topological polar surface area (TPSA) is 88.4 Å². The first-order valence-corrected chi connectivity index (χ1v) is 10.3. The molecule has 0 aliphatic heterocycles. The van der Waals surface area contributed by atoms with Crippen LogP contribution in [0.5, 0.6) is 0 Å². The summed E-state index contributed by atoms with van der Waals surface area (Å²) in [7, 11) is -1.55. The molecule has 7 nitrogen and oxygen atoms in total. The van der Waals surface area contributed by atoms with Gasteiger partial charge in [-0.05, 0) is 29.7 Å². The maximum atomic E-state index is 13.5. The predicted octanol–water partition coefficient (Wildman–Crippen LogP) is 1.94. The van der Waals surface area contributed by atoms with Gasteiger partial charge in [-0.15, -0.1) is 24.0 Å². The Bertz CT molecular complexity index is 841. The van der Waals surface area contributed by atoms with Crippen LogP contribution in [-0.4, -0.2) is 43.8 Å². The molecule has 27 heavy (non-hydrogen) atoms. The standard InChI is InChI=1S/C17H24FN5O2S.HI/c1-19-17(21-6-3-8-23-9-7-20-13-23)22-11-15-10-16(18)5-4-14(15)12-26(2,24)25;/h4-5,7,9-10,13H,3,6,8,11-12H2,1-2H3,(H2,19,21,22);1H. The number of aromatic nitrogens is 2. The van der Waals surface area contributed by atoms with E-state index in [1.807, 2.05) is 10.8 Å². The van der Waals surface area contributed by atoms with Gasteiger partial charge in [-0.25, -0.2) is 17.8 Å². The van der Waals surface area contributed by atoms with Crippen molar-refractivity contribution in [3.63, 3.8) is 0 Å². The molecule has 0 atom stereocenters. The summed E-state index contributed by atoms with van der Waals surface area (Å²) >= 11 is 0. The van der Waals surface area contributed by atoms with E-state index in [0.29, 0.717) is 23.6 Å². The average molecular weight is 509 g/mol. The lowest BCUT2D eigenvalue weighted by Crippen LogP contribution is -2.37. The summed E-state index contributed by atoms with van der Waals surface area (Å²) in [6.07, 6.45) is 7.45. The Labute approximate surface area is 176 Å². The highest BCUT2D eigenvalue weighted by Crippen LogP contribution is 2.14. The molecule has 1 heterocycles. The third-order valence-corrected chi connectivity index (χ3v) is 4.54. The van der Waals surface area contributed by atoms with Gasteiger partial charge in [0.1, 0.15) is 5.82 Å². The fourth-order valence-electron chi connectivity index (χ4n) is 2.47. The minimum atomic E-state index is -3.20. The molecule has 10 heteroatoms. The van der Waals surface area contributed by atoms with Crippen LogP contribution in [-0.2, 0) is 28.7 Å². The maximum Gasteiger partial charge on any atom is 0.191 e. The number of sulfone groups is 1. The van der Waals surface area contributed by atoms with Crippen LogP contribution in [0.25, 0.3) is 0 Å². The van der Waals surface area contributed by atoms with E-state index in [-0.39, 0.29) is 36.3 Å². The summed E-state index contributed by atoms with van der Waals surface area (Å²) in [5, 5.41) is 6.27. The van der Waals surface area contributed by atoms with Crippen LogP contribution in [0.2, 0.25) is 0 Å². The van der Waals surface area contributed by atoms with E-state index in [2.05, 4.69) is 20.6 Å². The molecule has 1 aromatic heterocycles. The zero-order valence-corrected chi connectivity index (χ0v) is 18.5. The second kappa shape index (κ2) is 11.2. The Morgan fingerprint density at radius 3 is 2.70 bits per heavy atom. The Balaban J connectivity index is 0.00000364. The van der Waals surface area contributed by atoms with Crippen molar-refractivity contribution in [3.8, 4) is 0 Å². The van der Waals surface area contributed by atoms with E-state index in [1.165, 1.54) is 18.2 Å². The van der Waals surface area contributed by atoms with Crippen LogP contribution in [0.15, 0.2) is 41.9 Å². The summed E-state index contributed by atoms with van der Waals surface area (Å²) in [6.45, 7) is 1.83. The maximum absolute atomic E-state index is 13.5. The normalized spacial score (nSPS) is 11.7. The zero-order chi connectivity index (χ0) is 19.0. The van der Waals surface area contributed by atoms with Gasteiger partial charge in [0.2, 0.25) is 0 Å². The molecular formula is C17H25FIN5O2S. The van der Waals surface area contributed by atoms with Crippen LogP contribution < -0.4 is 10.6 Å². The largest absolute Gasteiger partial charge is 0.356 e. The Kier molecular flexibility index (Phi) is 9.70. The monoisotopic (exact) mass is 509 g/mol. The quantitative estimate of drug-likeness (QED) is 0.246. The number of nitrogens with zero attached hydrogens (tertiary/aromatic N) is 3. The minimum Gasteiger partial charge on any atom is -0.356 e. The first-order chi connectivity index (χ1) is 12.4. The molecule has 0 saturated heterocycles. The number of hydrogen-bond donors (Lipinski definition) is 2. The molecule has 2 rings (SSSR count). The van der Waals surface area contributed by atoms with Gasteiger partial charge in [-0.3, -0.25) is 4.99 Å². The minimum absolute atomic E-state index is 0. The number of imidazole rings is 1. The molecule has 0 fully saturated rings. The van der Waals surface area contributed by atoms with Crippen molar-refractivity contribution in [1.82, 2.24) is 20.2 Å². The lowest BCUT2D eigenvalue weighted by atomic mass is 10.1. The van der Waals surface area contributed by atoms with Crippen molar-refractivity contribution in [2.45, 2.75) is 25.3 Å². The first kappa shape index (κ1) is 23.3. The van der Waals surface area contributed by atoms with E-state index in [1.54, 1.807) is 19.6 Å². The number of aryl methyl sites for hydroxylation is 1. The Morgan fingerprint density at radius 1 is 1.30 bits per heavy atom. The van der Waals surface area contributed by atoms with Gasteiger partial charge in [0, 0.05) is 45.3 Å². The summed E-state index contributed by atoms with van der Waals surface area (Å²) in [5.41, 5.74) is 1.17. The molecule has 0 unspecified atom stereocenters. The van der Waals surface area contributed by atoms with Gasteiger partial charge >= 0.3 is 0 Å². The van der Waals surface area contributed by atoms with E-state index in [4.69, 9.17) is 0 Å². The summed E-state index contributed by atoms with van der Waals surface area (Å²) in [6, 6.07) is 4.13. The smallest absolute Gasteiger partial charge is 0.191 e. The van der Waals surface area contributed by atoms with E-state index >= 15 is 0 Å². The number of rotatable bonds is 8. The Morgan fingerprint density at radius 2 is 2.07 bits per heavy atom. The summed E-state index contributed by atoms with van der Waals surface area (Å²) in [4.78, 5) is 8.12. The van der Waals surface area contributed by atoms with E-state index in [9.17, 15) is 12.8 Å². The molecule has 150 valence electrons. The molecule has 0 amide bonds. The van der Waals surface area contributed by atoms with Crippen molar-refractivity contribution >= 4 is 39.8 Å². The van der Waals surface area contributed by atoms with Gasteiger partial charge in [0.15, 0.2) is 15.8 Å². The highest BCUT2D eigenvalue weighted by molar-refractivity contribution is 14.0. The number of benzene rings is 1. The fraction of sp³-hybridized carbons (Fsp3) is 0.412. The highest BCUT2D eigenvalue weighted by Gasteiger charge is 2.11. The lowest BCUT2D eigenvalue weighted by molar-refractivity contribution is 0.599. The van der Waals surface area contributed by atoms with Crippen molar-refractivity contribution in [1.29, 1.82) is 0 Å². The summed E-state index contributed by atoms with van der Waals surface area (Å²) in [5.74, 6) is 0.0499. The molecule has 0 bridgehead atoms. The van der Waals surface area contributed by atoms with Gasteiger partial charge in [0.25, 0.3) is 0 Å². The molecule has 1 aromatic carbocycles. The molecule has 0 spiro atoms. The van der Waals surface area contributed by atoms with Gasteiger partial charge in [-0.1, -0.05) is 6.07 Å². The molecule has 0 aliphatic carbocycles. The number of nitrogens with one attached hydrogen (secondary N) is 2. The fourth-order valence-corrected chi connectivity index (χ4v) is 3.32. The number of aliphatic imine (C=N–C) groups is 1. The third kappa shape index (κ3) is 8.69. The second-order valence-electron chi connectivity index (χ2n) is 5.99. The first-order valence-electron chi connectivity index (χ1n) is 8.22. The number of halogens is 2. The van der Waals surface area contributed by atoms with Crippen LogP contribution in [0.1, 0.15) is 17.5 Å². The van der Waals surface area contributed by atoms with Gasteiger partial charge < -0.3 is 15.2 Å². The van der Waals surface area contributed by atoms with E-state index in [0.717, 1.165) is 19.2 Å². The molecule has 2 N–H and O–H groups in total. The van der Waals surface area contributed by atoms with Crippen molar-refractivity contribution in [2.75, 3.05) is 19.8 Å². The third-order valence-electron chi connectivity index (χ3n) is 3.70. The zero-order valence-electron chi connectivity index (χ0n) is 15.4. The Hall–Kier alpha value is -1.69. The molecular weight excluding hydrogens is 484 g/mol. The van der Waals surface area contributed by atoms with Gasteiger partial charge in [-0.2, -0.15) is 0 Å². The predicted molar refractivity (Wildman–Crippen MR) is 115 cm³/mol. The SMILES string of the molecule is CN=C(NCCCn1ccnc1)NCc1cc(F)ccc1CS(C)(=O)=O.I. The van der Waals surface area contributed by atoms with Crippen molar-refractivity contribution < 1.29 is 12.8 Å². The van der Waals surface area contributed by atoms with Crippen molar-refractivity contribution in [2.24, 2.45) is 4.99 Å². The van der Waals surface area contributed by atoms with Crippen molar-refractivity contribution in [3.05, 3.63) is 53.9 Å². The van der Waals surface area contributed by atoms with Crippen LogP contribution >= 0.6 is 24.0 Å². The van der Waals surface area contributed by atoms with Gasteiger partial charge in [0.05, 0.1) is 12.1 Å². The van der Waals surface area contributed by atoms with E-state index < -0.39 is 15.7 Å². The average Bonchev–Trinajstić information content (AvgIpc) is 3.08. The second-order valence-corrected chi connectivity index (χ2v) is 8.13.